The third-order valence-electron chi connectivity index (χ3n) is 1.62. The van der Waals surface area contributed by atoms with Gasteiger partial charge in [-0.1, -0.05) is 32.8 Å². The number of carbonyl (C=O) groups is 1. The number of rotatable bonds is 7. The molecule has 0 aliphatic heterocycles. The number of esters is 1. The van der Waals surface area contributed by atoms with Gasteiger partial charge >= 0.3 is 5.97 Å². The van der Waals surface area contributed by atoms with E-state index in [2.05, 4.69) is 18.2 Å². The highest BCUT2D eigenvalue weighted by atomic mass is 19.1. The molecular weight excluding hydrogens is 171 g/mol. The van der Waals surface area contributed by atoms with Gasteiger partial charge in [-0.25, -0.2) is 4.39 Å². The van der Waals surface area contributed by atoms with Crippen molar-refractivity contribution in [2.24, 2.45) is 0 Å². The molecule has 3 heteroatoms. The summed E-state index contributed by atoms with van der Waals surface area (Å²) in [6, 6.07) is 0. The van der Waals surface area contributed by atoms with E-state index in [9.17, 15) is 9.18 Å². The maximum atomic E-state index is 12.0. The predicted molar refractivity (Wildman–Crippen MR) is 50.0 cm³/mol. The summed E-state index contributed by atoms with van der Waals surface area (Å²) in [5.41, 5.74) is 0. The first-order valence-electron chi connectivity index (χ1n) is 4.65. The van der Waals surface area contributed by atoms with Crippen LogP contribution in [0.15, 0.2) is 12.4 Å². The summed E-state index contributed by atoms with van der Waals surface area (Å²) in [5, 5.41) is 0. The molecule has 0 aliphatic rings. The second-order valence-electron chi connectivity index (χ2n) is 2.99. The van der Waals surface area contributed by atoms with Crippen molar-refractivity contribution >= 4 is 5.97 Å². The highest BCUT2D eigenvalue weighted by molar-refractivity contribution is 5.69. The standard InChI is InChI=1S/C10H17FO2/c1-3-4-5-6-7-10(12)13-8-9(2)11/h2-8H2,1H3. The molecule has 0 radical (unpaired) electrons. The largest absolute Gasteiger partial charge is 0.458 e. The van der Waals surface area contributed by atoms with E-state index in [4.69, 9.17) is 0 Å². The van der Waals surface area contributed by atoms with Gasteiger partial charge in [0.05, 0.1) is 0 Å². The molecule has 0 rings (SSSR count). The average Bonchev–Trinajstić information content (AvgIpc) is 2.09. The molecule has 0 atom stereocenters. The van der Waals surface area contributed by atoms with E-state index in [1.165, 1.54) is 0 Å². The number of hydrogen-bond acceptors (Lipinski definition) is 2. The molecule has 0 saturated heterocycles. The van der Waals surface area contributed by atoms with Gasteiger partial charge < -0.3 is 4.74 Å². The van der Waals surface area contributed by atoms with Crippen molar-refractivity contribution in [3.8, 4) is 0 Å². The van der Waals surface area contributed by atoms with Crippen LogP contribution in [0.2, 0.25) is 0 Å². The van der Waals surface area contributed by atoms with E-state index in [1.807, 2.05) is 0 Å². The zero-order chi connectivity index (χ0) is 10.1. The van der Waals surface area contributed by atoms with Crippen LogP contribution in [-0.4, -0.2) is 12.6 Å². The van der Waals surface area contributed by atoms with E-state index in [-0.39, 0.29) is 12.6 Å². The summed E-state index contributed by atoms with van der Waals surface area (Å²) in [7, 11) is 0. The molecule has 0 N–H and O–H groups in total. The van der Waals surface area contributed by atoms with E-state index >= 15 is 0 Å². The first-order valence-corrected chi connectivity index (χ1v) is 4.65. The van der Waals surface area contributed by atoms with Crippen molar-refractivity contribution in [3.63, 3.8) is 0 Å². The Morgan fingerprint density at radius 2 is 2.08 bits per heavy atom. The lowest BCUT2D eigenvalue weighted by atomic mass is 10.2. The summed E-state index contributed by atoms with van der Waals surface area (Å²) in [4.78, 5) is 10.9. The first kappa shape index (κ1) is 12.1. The van der Waals surface area contributed by atoms with Gasteiger partial charge in [0.15, 0.2) is 0 Å². The lowest BCUT2D eigenvalue weighted by Crippen LogP contribution is -2.05. The molecule has 0 aromatic carbocycles. The van der Waals surface area contributed by atoms with E-state index in [1.54, 1.807) is 0 Å². The third kappa shape index (κ3) is 9.05. The van der Waals surface area contributed by atoms with Gasteiger partial charge in [-0.15, -0.1) is 0 Å². The van der Waals surface area contributed by atoms with E-state index in [0.29, 0.717) is 6.42 Å². The fourth-order valence-electron chi connectivity index (χ4n) is 0.927. The second-order valence-corrected chi connectivity index (χ2v) is 2.99. The van der Waals surface area contributed by atoms with Gasteiger partial charge in [0.2, 0.25) is 0 Å². The molecule has 0 fully saturated rings. The topological polar surface area (TPSA) is 26.3 Å². The zero-order valence-electron chi connectivity index (χ0n) is 8.14. The monoisotopic (exact) mass is 188 g/mol. The molecule has 0 bridgehead atoms. The lowest BCUT2D eigenvalue weighted by Gasteiger charge is -2.01. The van der Waals surface area contributed by atoms with Crippen molar-refractivity contribution in [1.82, 2.24) is 0 Å². The fraction of sp³-hybridized carbons (Fsp3) is 0.700. The number of carbonyl (C=O) groups excluding carboxylic acids is 1. The number of hydrogen-bond donors (Lipinski definition) is 0. The Morgan fingerprint density at radius 1 is 1.38 bits per heavy atom. The van der Waals surface area contributed by atoms with Crippen LogP contribution in [-0.2, 0) is 9.53 Å². The van der Waals surface area contributed by atoms with Gasteiger partial charge in [0.25, 0.3) is 0 Å². The Morgan fingerprint density at radius 3 is 2.62 bits per heavy atom. The summed E-state index contributed by atoms with van der Waals surface area (Å²) < 4.78 is 16.6. The number of halogens is 1. The average molecular weight is 188 g/mol. The van der Waals surface area contributed by atoms with Crippen molar-refractivity contribution in [1.29, 1.82) is 0 Å². The van der Waals surface area contributed by atoms with Crippen molar-refractivity contribution in [2.45, 2.75) is 39.0 Å². The smallest absolute Gasteiger partial charge is 0.306 e. The van der Waals surface area contributed by atoms with Crippen LogP contribution in [0.5, 0.6) is 0 Å². The molecule has 76 valence electrons. The van der Waals surface area contributed by atoms with Crippen LogP contribution in [0.25, 0.3) is 0 Å². The van der Waals surface area contributed by atoms with E-state index < -0.39 is 5.83 Å². The molecule has 0 spiro atoms. The molecule has 0 aliphatic carbocycles. The van der Waals surface area contributed by atoms with Crippen LogP contribution in [0.4, 0.5) is 4.39 Å². The molecule has 0 amide bonds. The van der Waals surface area contributed by atoms with Gasteiger partial charge in [-0.3, -0.25) is 4.79 Å². The summed E-state index contributed by atoms with van der Waals surface area (Å²) >= 11 is 0. The fourth-order valence-corrected chi connectivity index (χ4v) is 0.927. The highest BCUT2D eigenvalue weighted by Gasteiger charge is 2.02. The Kier molecular flexibility index (Phi) is 7.26. The normalized spacial score (nSPS) is 9.69. The van der Waals surface area contributed by atoms with Gasteiger partial charge in [-0.05, 0) is 6.42 Å². The van der Waals surface area contributed by atoms with Gasteiger partial charge in [0.1, 0.15) is 12.4 Å². The minimum atomic E-state index is -0.609. The van der Waals surface area contributed by atoms with Crippen molar-refractivity contribution in [2.75, 3.05) is 6.61 Å². The van der Waals surface area contributed by atoms with Gasteiger partial charge in [0, 0.05) is 6.42 Å². The Labute approximate surface area is 78.8 Å². The molecule has 2 nitrogen and oxygen atoms in total. The third-order valence-corrected chi connectivity index (χ3v) is 1.62. The summed E-state index contributed by atoms with van der Waals surface area (Å²) in [6.45, 7) is 4.80. The number of ether oxygens (including phenoxy) is 1. The van der Waals surface area contributed by atoms with Crippen LogP contribution in [0.1, 0.15) is 39.0 Å². The zero-order valence-corrected chi connectivity index (χ0v) is 8.14. The second kappa shape index (κ2) is 7.77. The molecule has 13 heavy (non-hydrogen) atoms. The minimum absolute atomic E-state index is 0.299. The SMILES string of the molecule is C=C(F)COC(=O)CCCCCC. The molecule has 0 heterocycles. The first-order chi connectivity index (χ1) is 6.16. The molecular formula is C10H17FO2. The molecule has 0 saturated carbocycles. The van der Waals surface area contributed by atoms with Crippen LogP contribution in [0, 0.1) is 0 Å². The van der Waals surface area contributed by atoms with E-state index in [0.717, 1.165) is 25.7 Å². The van der Waals surface area contributed by atoms with Crippen LogP contribution in [0.3, 0.4) is 0 Å². The lowest BCUT2D eigenvalue weighted by molar-refractivity contribution is -0.143. The molecule has 0 aromatic rings. The Hall–Kier alpha value is -0.860. The summed E-state index contributed by atoms with van der Waals surface area (Å²) in [5.74, 6) is -0.947. The van der Waals surface area contributed by atoms with Crippen LogP contribution < -0.4 is 0 Å². The van der Waals surface area contributed by atoms with Crippen molar-refractivity contribution in [3.05, 3.63) is 12.4 Å². The maximum Gasteiger partial charge on any atom is 0.306 e. The minimum Gasteiger partial charge on any atom is -0.458 e. The Bertz CT molecular complexity index is 166. The van der Waals surface area contributed by atoms with Crippen LogP contribution >= 0.6 is 0 Å². The maximum absolute atomic E-state index is 12.0. The summed E-state index contributed by atoms with van der Waals surface area (Å²) in [6.07, 6.45) is 4.50. The molecule has 0 unspecified atom stereocenters. The Balaban J connectivity index is 3.25. The van der Waals surface area contributed by atoms with Gasteiger partial charge in [-0.2, -0.15) is 0 Å². The predicted octanol–water partition coefficient (Wildman–Crippen LogP) is 2.98. The highest BCUT2D eigenvalue weighted by Crippen LogP contribution is 2.04. The number of unbranched alkanes of at least 4 members (excludes halogenated alkanes) is 3. The molecule has 0 aromatic heterocycles. The quantitative estimate of drug-likeness (QED) is 0.453. The van der Waals surface area contributed by atoms with Crippen molar-refractivity contribution < 1.29 is 13.9 Å².